The van der Waals surface area contributed by atoms with Gasteiger partial charge in [-0.1, -0.05) is 23.7 Å². The minimum Gasteiger partial charge on any atom is -0.344 e. The van der Waals surface area contributed by atoms with Crippen LogP contribution in [0.25, 0.3) is 5.69 Å². The summed E-state index contributed by atoms with van der Waals surface area (Å²) in [6, 6.07) is 11.9. The molecular weight excluding hydrogens is 324 g/mol. The molecule has 6 heteroatoms. The van der Waals surface area contributed by atoms with E-state index >= 15 is 0 Å². The van der Waals surface area contributed by atoms with Crippen LogP contribution in [0.5, 0.6) is 0 Å². The van der Waals surface area contributed by atoms with Crippen LogP contribution in [0.2, 0.25) is 5.02 Å². The highest BCUT2D eigenvalue weighted by atomic mass is 35.5. The maximum Gasteiger partial charge on any atom is 0.271 e. The summed E-state index contributed by atoms with van der Waals surface area (Å²) in [5.41, 5.74) is 3.09. The summed E-state index contributed by atoms with van der Waals surface area (Å²) in [6.45, 7) is 3.73. The molecule has 1 aromatic carbocycles. The lowest BCUT2D eigenvalue weighted by Gasteiger charge is -2.16. The quantitative estimate of drug-likeness (QED) is 0.786. The Balaban J connectivity index is 1.81. The first kappa shape index (κ1) is 16.3. The molecule has 0 spiro atoms. The second-order valence-corrected chi connectivity index (χ2v) is 6.13. The maximum atomic E-state index is 12.5. The molecule has 1 amide bonds. The lowest BCUT2D eigenvalue weighted by atomic mass is 10.1. The largest absolute Gasteiger partial charge is 0.344 e. The molecule has 0 aliphatic rings. The molecule has 0 saturated carbocycles. The fourth-order valence-electron chi connectivity index (χ4n) is 2.69. The lowest BCUT2D eigenvalue weighted by molar-refractivity contribution is 0.0930. The average Bonchev–Trinajstić information content (AvgIpc) is 3.16. The SMILES string of the molecule is Cc1nn(C)c(C(=O)N[C@H](C)c2cccc(-n3cccc3)c2)c1Cl. The third-order valence-electron chi connectivity index (χ3n) is 3.98. The van der Waals surface area contributed by atoms with Gasteiger partial charge in [0.05, 0.1) is 16.8 Å². The Morgan fingerprint density at radius 3 is 2.58 bits per heavy atom. The van der Waals surface area contributed by atoms with Gasteiger partial charge in [-0.25, -0.2) is 0 Å². The summed E-state index contributed by atoms with van der Waals surface area (Å²) in [4.78, 5) is 12.5. The van der Waals surface area contributed by atoms with Crippen molar-refractivity contribution in [1.82, 2.24) is 19.7 Å². The number of carbonyl (C=O) groups is 1. The first-order valence-corrected chi connectivity index (χ1v) is 8.08. The summed E-state index contributed by atoms with van der Waals surface area (Å²) in [7, 11) is 1.71. The van der Waals surface area contributed by atoms with Gasteiger partial charge in [0.15, 0.2) is 0 Å². The van der Waals surface area contributed by atoms with Crippen LogP contribution in [-0.4, -0.2) is 20.3 Å². The molecule has 2 aromatic heterocycles. The Morgan fingerprint density at radius 1 is 1.25 bits per heavy atom. The van der Waals surface area contributed by atoms with Crippen molar-refractivity contribution in [3.05, 3.63) is 70.8 Å². The molecule has 3 rings (SSSR count). The van der Waals surface area contributed by atoms with E-state index < -0.39 is 0 Å². The lowest BCUT2D eigenvalue weighted by Crippen LogP contribution is -2.28. The Kier molecular flexibility index (Phi) is 4.44. The fourth-order valence-corrected chi connectivity index (χ4v) is 2.93. The average molecular weight is 343 g/mol. The van der Waals surface area contributed by atoms with Gasteiger partial charge in [0, 0.05) is 25.1 Å². The predicted molar refractivity (Wildman–Crippen MR) is 94.6 cm³/mol. The van der Waals surface area contributed by atoms with Crippen molar-refractivity contribution in [1.29, 1.82) is 0 Å². The van der Waals surface area contributed by atoms with E-state index in [0.717, 1.165) is 11.3 Å². The van der Waals surface area contributed by atoms with E-state index in [4.69, 9.17) is 11.6 Å². The minimum absolute atomic E-state index is 0.153. The number of halogens is 1. The van der Waals surface area contributed by atoms with Gasteiger partial charge in [0.1, 0.15) is 5.69 Å². The molecule has 5 nitrogen and oxygen atoms in total. The zero-order valence-electron chi connectivity index (χ0n) is 13.8. The molecule has 3 aromatic rings. The number of rotatable bonds is 4. The van der Waals surface area contributed by atoms with Crippen molar-refractivity contribution in [2.24, 2.45) is 7.05 Å². The maximum absolute atomic E-state index is 12.5. The molecule has 0 aliphatic heterocycles. The molecule has 0 bridgehead atoms. The third-order valence-corrected chi connectivity index (χ3v) is 4.44. The molecule has 24 heavy (non-hydrogen) atoms. The van der Waals surface area contributed by atoms with Gasteiger partial charge in [-0.3, -0.25) is 9.48 Å². The number of carbonyl (C=O) groups excluding carboxylic acids is 1. The summed E-state index contributed by atoms with van der Waals surface area (Å²) in [6.07, 6.45) is 3.97. The van der Waals surface area contributed by atoms with Gasteiger partial charge < -0.3 is 9.88 Å². The highest BCUT2D eigenvalue weighted by Gasteiger charge is 2.20. The van der Waals surface area contributed by atoms with Crippen LogP contribution in [0.15, 0.2) is 48.8 Å². The van der Waals surface area contributed by atoms with E-state index in [-0.39, 0.29) is 11.9 Å². The third kappa shape index (κ3) is 3.08. The number of hydrogen-bond acceptors (Lipinski definition) is 2. The molecule has 124 valence electrons. The van der Waals surface area contributed by atoms with Crippen LogP contribution < -0.4 is 5.32 Å². The summed E-state index contributed by atoms with van der Waals surface area (Å²) in [5.74, 6) is -0.234. The van der Waals surface area contributed by atoms with Crippen LogP contribution in [0.3, 0.4) is 0 Å². The predicted octanol–water partition coefficient (Wildman–Crippen LogP) is 3.66. The van der Waals surface area contributed by atoms with Crippen molar-refractivity contribution >= 4 is 17.5 Å². The van der Waals surface area contributed by atoms with Crippen molar-refractivity contribution in [3.8, 4) is 5.69 Å². The molecule has 2 heterocycles. The number of aromatic nitrogens is 3. The molecule has 0 aliphatic carbocycles. The summed E-state index contributed by atoms with van der Waals surface area (Å²) < 4.78 is 3.54. The minimum atomic E-state index is -0.234. The van der Waals surface area contributed by atoms with Crippen LogP contribution in [0.4, 0.5) is 0 Å². The number of amides is 1. The number of nitrogens with one attached hydrogen (secondary N) is 1. The highest BCUT2D eigenvalue weighted by molar-refractivity contribution is 6.34. The highest BCUT2D eigenvalue weighted by Crippen LogP contribution is 2.21. The van der Waals surface area contributed by atoms with E-state index in [1.165, 1.54) is 4.68 Å². The first-order valence-electron chi connectivity index (χ1n) is 7.70. The van der Waals surface area contributed by atoms with E-state index in [1.807, 2.05) is 54.2 Å². The van der Waals surface area contributed by atoms with Gasteiger partial charge in [-0.15, -0.1) is 0 Å². The first-order chi connectivity index (χ1) is 11.5. The number of hydrogen-bond donors (Lipinski definition) is 1. The van der Waals surface area contributed by atoms with Crippen molar-refractivity contribution in [2.45, 2.75) is 19.9 Å². The van der Waals surface area contributed by atoms with Crippen molar-refractivity contribution < 1.29 is 4.79 Å². The number of nitrogens with zero attached hydrogens (tertiary/aromatic N) is 3. The van der Waals surface area contributed by atoms with Crippen LogP contribution >= 0.6 is 11.6 Å². The van der Waals surface area contributed by atoms with Crippen molar-refractivity contribution in [3.63, 3.8) is 0 Å². The number of aryl methyl sites for hydroxylation is 2. The van der Waals surface area contributed by atoms with E-state index in [9.17, 15) is 4.79 Å². The van der Waals surface area contributed by atoms with Gasteiger partial charge >= 0.3 is 0 Å². The van der Waals surface area contributed by atoms with Gasteiger partial charge in [0.25, 0.3) is 5.91 Å². The van der Waals surface area contributed by atoms with E-state index in [0.29, 0.717) is 16.4 Å². The molecule has 1 N–H and O–H groups in total. The molecule has 0 fully saturated rings. The second-order valence-electron chi connectivity index (χ2n) is 5.75. The van der Waals surface area contributed by atoms with Crippen LogP contribution in [0.1, 0.15) is 34.7 Å². The Hall–Kier alpha value is -2.53. The molecule has 1 atom stereocenters. The Labute approximate surface area is 145 Å². The van der Waals surface area contributed by atoms with Crippen LogP contribution in [0, 0.1) is 6.92 Å². The van der Waals surface area contributed by atoms with E-state index in [2.05, 4.69) is 16.5 Å². The van der Waals surface area contributed by atoms with Gasteiger partial charge in [0.2, 0.25) is 0 Å². The van der Waals surface area contributed by atoms with Crippen LogP contribution in [-0.2, 0) is 7.05 Å². The van der Waals surface area contributed by atoms with Gasteiger partial charge in [-0.2, -0.15) is 5.10 Å². The Morgan fingerprint density at radius 2 is 1.96 bits per heavy atom. The van der Waals surface area contributed by atoms with Crippen molar-refractivity contribution in [2.75, 3.05) is 0 Å². The second kappa shape index (κ2) is 6.53. The number of benzene rings is 1. The smallest absolute Gasteiger partial charge is 0.271 e. The molecule has 0 unspecified atom stereocenters. The normalized spacial score (nSPS) is 12.2. The van der Waals surface area contributed by atoms with Gasteiger partial charge in [-0.05, 0) is 43.7 Å². The monoisotopic (exact) mass is 342 g/mol. The fraction of sp³-hybridized carbons (Fsp3) is 0.222. The standard InChI is InChI=1S/C18H19ClN4O/c1-12(20-18(24)17-16(19)13(2)21-22(17)3)14-7-6-8-15(11-14)23-9-4-5-10-23/h4-12H,1-3H3,(H,20,24)/t12-/m1/s1. The molecular formula is C18H19ClN4O. The zero-order chi connectivity index (χ0) is 17.3. The van der Waals surface area contributed by atoms with E-state index in [1.54, 1.807) is 14.0 Å². The topological polar surface area (TPSA) is 51.9 Å². The summed E-state index contributed by atoms with van der Waals surface area (Å²) in [5, 5.41) is 7.56. The Bertz CT molecular complexity index is 867. The summed E-state index contributed by atoms with van der Waals surface area (Å²) >= 11 is 6.18. The molecule has 0 radical (unpaired) electrons. The zero-order valence-corrected chi connectivity index (χ0v) is 14.6. The molecule has 0 saturated heterocycles.